The largest absolute Gasteiger partial charge is 0.493 e. The fourth-order valence-corrected chi connectivity index (χ4v) is 2.39. The molecular weight excluding hydrogens is 252 g/mol. The van der Waals surface area contributed by atoms with Gasteiger partial charge < -0.3 is 15.4 Å². The summed E-state index contributed by atoms with van der Waals surface area (Å²) in [4.78, 5) is 11.7. The molecule has 1 atom stereocenters. The van der Waals surface area contributed by atoms with E-state index in [9.17, 15) is 4.79 Å². The number of hydrogen-bond donors (Lipinski definition) is 2. The van der Waals surface area contributed by atoms with E-state index in [-0.39, 0.29) is 5.91 Å². The SMILES string of the molecule is Cc1ccccc1OCCCC(=O)NCC1CCCN1. The third kappa shape index (κ3) is 4.85. The molecule has 1 aliphatic rings. The molecule has 0 bridgehead atoms. The third-order valence-corrected chi connectivity index (χ3v) is 3.61. The summed E-state index contributed by atoms with van der Waals surface area (Å²) in [5.41, 5.74) is 1.13. The van der Waals surface area contributed by atoms with Gasteiger partial charge in [0.05, 0.1) is 6.61 Å². The quantitative estimate of drug-likeness (QED) is 0.749. The minimum Gasteiger partial charge on any atom is -0.493 e. The van der Waals surface area contributed by atoms with Crippen molar-refractivity contribution < 1.29 is 9.53 Å². The molecule has 20 heavy (non-hydrogen) atoms. The first-order chi connectivity index (χ1) is 9.75. The normalized spacial score (nSPS) is 17.9. The maximum absolute atomic E-state index is 11.7. The highest BCUT2D eigenvalue weighted by molar-refractivity contribution is 5.75. The Morgan fingerprint density at radius 2 is 2.30 bits per heavy atom. The lowest BCUT2D eigenvalue weighted by molar-refractivity contribution is -0.121. The average Bonchev–Trinajstić information content (AvgIpc) is 2.96. The Morgan fingerprint density at radius 3 is 3.05 bits per heavy atom. The lowest BCUT2D eigenvalue weighted by atomic mass is 10.2. The van der Waals surface area contributed by atoms with Crippen molar-refractivity contribution in [3.63, 3.8) is 0 Å². The predicted octanol–water partition coefficient (Wildman–Crippen LogP) is 2.02. The molecule has 1 aromatic rings. The number of aryl methyl sites for hydroxylation is 1. The number of carbonyl (C=O) groups excluding carboxylic acids is 1. The van der Waals surface area contributed by atoms with Gasteiger partial charge in [-0.1, -0.05) is 18.2 Å². The Bertz CT molecular complexity index is 428. The van der Waals surface area contributed by atoms with E-state index < -0.39 is 0 Å². The highest BCUT2D eigenvalue weighted by Crippen LogP contribution is 2.16. The van der Waals surface area contributed by atoms with E-state index in [2.05, 4.69) is 10.6 Å². The molecular formula is C16H24N2O2. The maximum atomic E-state index is 11.7. The Hall–Kier alpha value is -1.55. The van der Waals surface area contributed by atoms with Crippen LogP contribution in [0.15, 0.2) is 24.3 Å². The van der Waals surface area contributed by atoms with Gasteiger partial charge in [-0.3, -0.25) is 4.79 Å². The fraction of sp³-hybridized carbons (Fsp3) is 0.562. The number of rotatable bonds is 7. The van der Waals surface area contributed by atoms with Gasteiger partial charge in [0.15, 0.2) is 0 Å². The predicted molar refractivity (Wildman–Crippen MR) is 79.9 cm³/mol. The summed E-state index contributed by atoms with van der Waals surface area (Å²) < 4.78 is 5.67. The third-order valence-electron chi connectivity index (χ3n) is 3.61. The first-order valence-electron chi connectivity index (χ1n) is 7.44. The minimum absolute atomic E-state index is 0.118. The van der Waals surface area contributed by atoms with Crippen LogP contribution in [-0.4, -0.2) is 31.6 Å². The summed E-state index contributed by atoms with van der Waals surface area (Å²) in [6.07, 6.45) is 3.65. The summed E-state index contributed by atoms with van der Waals surface area (Å²) in [5.74, 6) is 1.02. The molecule has 0 saturated carbocycles. The van der Waals surface area contributed by atoms with Crippen LogP contribution in [-0.2, 0) is 4.79 Å². The van der Waals surface area contributed by atoms with Crippen LogP contribution in [0.4, 0.5) is 0 Å². The lowest BCUT2D eigenvalue weighted by Gasteiger charge is -2.12. The monoisotopic (exact) mass is 276 g/mol. The molecule has 1 heterocycles. The van der Waals surface area contributed by atoms with E-state index >= 15 is 0 Å². The van der Waals surface area contributed by atoms with Crippen molar-refractivity contribution in [2.75, 3.05) is 19.7 Å². The zero-order chi connectivity index (χ0) is 14.2. The molecule has 2 rings (SSSR count). The number of benzene rings is 1. The molecule has 4 nitrogen and oxygen atoms in total. The molecule has 0 aromatic heterocycles. The van der Waals surface area contributed by atoms with Gasteiger partial charge in [0.25, 0.3) is 0 Å². The van der Waals surface area contributed by atoms with Gasteiger partial charge in [0.1, 0.15) is 5.75 Å². The van der Waals surface area contributed by atoms with Gasteiger partial charge in [-0.2, -0.15) is 0 Å². The molecule has 110 valence electrons. The fourth-order valence-electron chi connectivity index (χ4n) is 2.39. The van der Waals surface area contributed by atoms with Crippen LogP contribution in [0.2, 0.25) is 0 Å². The molecule has 1 fully saturated rings. The van der Waals surface area contributed by atoms with Gasteiger partial charge in [-0.25, -0.2) is 0 Å². The van der Waals surface area contributed by atoms with Crippen molar-refractivity contribution in [1.29, 1.82) is 0 Å². The molecule has 0 aliphatic carbocycles. The zero-order valence-electron chi connectivity index (χ0n) is 12.2. The number of amides is 1. The first-order valence-corrected chi connectivity index (χ1v) is 7.44. The smallest absolute Gasteiger partial charge is 0.220 e. The average molecular weight is 276 g/mol. The van der Waals surface area contributed by atoms with Crippen molar-refractivity contribution in [3.8, 4) is 5.75 Å². The Labute approximate surface area is 120 Å². The van der Waals surface area contributed by atoms with Crippen molar-refractivity contribution in [2.24, 2.45) is 0 Å². The summed E-state index contributed by atoms with van der Waals surface area (Å²) in [5, 5.41) is 6.35. The van der Waals surface area contributed by atoms with E-state index in [1.165, 1.54) is 6.42 Å². The summed E-state index contributed by atoms with van der Waals surface area (Å²) in [6.45, 7) is 4.43. The van der Waals surface area contributed by atoms with Gasteiger partial charge in [0.2, 0.25) is 5.91 Å². The summed E-state index contributed by atoms with van der Waals surface area (Å²) in [7, 11) is 0. The molecule has 0 radical (unpaired) electrons. The van der Waals surface area contributed by atoms with E-state index in [1.54, 1.807) is 0 Å². The zero-order valence-corrected chi connectivity index (χ0v) is 12.2. The molecule has 1 aromatic carbocycles. The van der Waals surface area contributed by atoms with Crippen LogP contribution in [0.25, 0.3) is 0 Å². The molecule has 1 amide bonds. The van der Waals surface area contributed by atoms with Crippen molar-refractivity contribution in [3.05, 3.63) is 29.8 Å². The van der Waals surface area contributed by atoms with E-state index in [4.69, 9.17) is 4.74 Å². The highest BCUT2D eigenvalue weighted by atomic mass is 16.5. The Kier molecular flexibility index (Phi) is 5.87. The Morgan fingerprint density at radius 1 is 1.45 bits per heavy atom. The maximum Gasteiger partial charge on any atom is 0.220 e. The van der Waals surface area contributed by atoms with E-state index in [0.29, 0.717) is 19.1 Å². The van der Waals surface area contributed by atoms with Crippen molar-refractivity contribution in [2.45, 2.75) is 38.6 Å². The van der Waals surface area contributed by atoms with Crippen LogP contribution in [0, 0.1) is 6.92 Å². The van der Waals surface area contributed by atoms with Gasteiger partial charge in [0, 0.05) is 19.0 Å². The number of nitrogens with one attached hydrogen (secondary N) is 2. The number of carbonyl (C=O) groups is 1. The number of para-hydroxylation sites is 1. The summed E-state index contributed by atoms with van der Waals surface area (Å²) >= 11 is 0. The topological polar surface area (TPSA) is 50.4 Å². The molecule has 0 spiro atoms. The second-order valence-electron chi connectivity index (χ2n) is 5.31. The molecule has 2 N–H and O–H groups in total. The van der Waals surface area contributed by atoms with E-state index in [0.717, 1.165) is 37.2 Å². The number of hydrogen-bond acceptors (Lipinski definition) is 3. The van der Waals surface area contributed by atoms with Crippen LogP contribution in [0.5, 0.6) is 5.75 Å². The molecule has 4 heteroatoms. The Balaban J connectivity index is 1.56. The van der Waals surface area contributed by atoms with Gasteiger partial charge in [-0.15, -0.1) is 0 Å². The second-order valence-corrected chi connectivity index (χ2v) is 5.31. The first kappa shape index (κ1) is 14.9. The van der Waals surface area contributed by atoms with Crippen LogP contribution < -0.4 is 15.4 Å². The van der Waals surface area contributed by atoms with Crippen LogP contribution in [0.1, 0.15) is 31.2 Å². The molecule has 1 aliphatic heterocycles. The van der Waals surface area contributed by atoms with E-state index in [1.807, 2.05) is 31.2 Å². The van der Waals surface area contributed by atoms with Gasteiger partial charge in [-0.05, 0) is 44.4 Å². The van der Waals surface area contributed by atoms with Crippen molar-refractivity contribution >= 4 is 5.91 Å². The minimum atomic E-state index is 0.118. The second kappa shape index (κ2) is 7.90. The number of ether oxygens (including phenoxy) is 1. The van der Waals surface area contributed by atoms with Crippen LogP contribution >= 0.6 is 0 Å². The van der Waals surface area contributed by atoms with Crippen molar-refractivity contribution in [1.82, 2.24) is 10.6 Å². The van der Waals surface area contributed by atoms with Gasteiger partial charge >= 0.3 is 0 Å². The molecule has 1 saturated heterocycles. The molecule has 1 unspecified atom stereocenters. The highest BCUT2D eigenvalue weighted by Gasteiger charge is 2.14. The summed E-state index contributed by atoms with van der Waals surface area (Å²) in [6, 6.07) is 8.40. The lowest BCUT2D eigenvalue weighted by Crippen LogP contribution is -2.37. The standard InChI is InChI=1S/C16H24N2O2/c1-13-6-2-3-8-15(13)20-11-5-9-16(19)18-12-14-7-4-10-17-14/h2-3,6,8,14,17H,4-5,7,9-12H2,1H3,(H,18,19). The van der Waals surface area contributed by atoms with Crippen LogP contribution in [0.3, 0.4) is 0 Å².